The summed E-state index contributed by atoms with van der Waals surface area (Å²) in [5, 5.41) is 2.73. The monoisotopic (exact) mass is 371 g/mol. The Morgan fingerprint density at radius 3 is 2.41 bits per heavy atom. The van der Waals surface area contributed by atoms with Crippen LogP contribution in [0.5, 0.6) is 5.75 Å². The molecule has 0 aliphatic carbocycles. The molecule has 0 bridgehead atoms. The minimum Gasteiger partial charge on any atom is -0.481 e. The number of esters is 1. The van der Waals surface area contributed by atoms with Gasteiger partial charge in [-0.05, 0) is 44.5 Å². The molecule has 1 N–H and O–H groups in total. The van der Waals surface area contributed by atoms with Crippen molar-refractivity contribution in [2.45, 2.75) is 45.3 Å². The largest absolute Gasteiger partial charge is 0.481 e. The van der Waals surface area contributed by atoms with Crippen LogP contribution in [0.2, 0.25) is 0 Å². The van der Waals surface area contributed by atoms with Crippen molar-refractivity contribution in [1.82, 2.24) is 5.32 Å². The van der Waals surface area contributed by atoms with Gasteiger partial charge in [-0.3, -0.25) is 4.79 Å². The van der Waals surface area contributed by atoms with Crippen LogP contribution in [0.1, 0.15) is 33.6 Å². The first-order chi connectivity index (χ1) is 10.3. The van der Waals surface area contributed by atoms with Crippen LogP contribution in [0.4, 0.5) is 0 Å². The number of benzene rings is 1. The van der Waals surface area contributed by atoms with Gasteiger partial charge < -0.3 is 14.8 Å². The summed E-state index contributed by atoms with van der Waals surface area (Å²) in [4.78, 5) is 24.2. The highest BCUT2D eigenvalue weighted by atomic mass is 79.9. The summed E-state index contributed by atoms with van der Waals surface area (Å²) >= 11 is 3.34. The molecule has 0 saturated carbocycles. The predicted octanol–water partition coefficient (Wildman–Crippen LogP) is 3.06. The molecule has 0 saturated heterocycles. The third-order valence-electron chi connectivity index (χ3n) is 3.28. The fourth-order valence-electron chi connectivity index (χ4n) is 2.09. The summed E-state index contributed by atoms with van der Waals surface area (Å²) in [6.45, 7) is 5.24. The first-order valence-corrected chi connectivity index (χ1v) is 7.94. The molecule has 1 amide bonds. The summed E-state index contributed by atoms with van der Waals surface area (Å²) in [6, 6.07) is 7.18. The molecular weight excluding hydrogens is 350 g/mol. The molecule has 1 aromatic carbocycles. The molecule has 1 rings (SSSR count). The van der Waals surface area contributed by atoms with E-state index >= 15 is 0 Å². The minimum absolute atomic E-state index is 0.357. The molecule has 22 heavy (non-hydrogen) atoms. The zero-order chi connectivity index (χ0) is 16.8. The predicted molar refractivity (Wildman–Crippen MR) is 87.7 cm³/mol. The van der Waals surface area contributed by atoms with E-state index in [0.29, 0.717) is 12.2 Å². The Balaban J connectivity index is 2.72. The third-order valence-corrected chi connectivity index (χ3v) is 3.81. The highest BCUT2D eigenvalue weighted by Crippen LogP contribution is 2.18. The van der Waals surface area contributed by atoms with E-state index in [0.717, 1.165) is 10.9 Å². The highest BCUT2D eigenvalue weighted by molar-refractivity contribution is 9.10. The maximum Gasteiger partial charge on any atom is 0.331 e. The second kappa shape index (κ2) is 8.17. The van der Waals surface area contributed by atoms with Crippen molar-refractivity contribution in [2.75, 3.05) is 7.11 Å². The van der Waals surface area contributed by atoms with Gasteiger partial charge in [0, 0.05) is 4.47 Å². The number of amides is 1. The number of nitrogens with one attached hydrogen (secondary N) is 1. The molecule has 2 unspecified atom stereocenters. The second-order valence-electron chi connectivity index (χ2n) is 5.28. The van der Waals surface area contributed by atoms with E-state index in [9.17, 15) is 9.59 Å². The first-order valence-electron chi connectivity index (χ1n) is 7.15. The zero-order valence-corrected chi connectivity index (χ0v) is 14.9. The Bertz CT molecular complexity index is 517. The SMILES string of the molecule is CCCC(C)(NC(=O)C(C)Oc1ccc(Br)cc1)C(=O)OC. The van der Waals surface area contributed by atoms with E-state index in [1.807, 2.05) is 19.1 Å². The molecule has 2 atom stereocenters. The quantitative estimate of drug-likeness (QED) is 0.748. The Labute approximate surface area is 139 Å². The molecule has 0 aromatic heterocycles. The van der Waals surface area contributed by atoms with Crippen molar-refractivity contribution < 1.29 is 19.1 Å². The van der Waals surface area contributed by atoms with Gasteiger partial charge in [-0.25, -0.2) is 4.79 Å². The minimum atomic E-state index is -1.04. The van der Waals surface area contributed by atoms with E-state index in [1.165, 1.54) is 7.11 Å². The summed E-state index contributed by atoms with van der Waals surface area (Å²) in [7, 11) is 1.31. The smallest absolute Gasteiger partial charge is 0.331 e. The van der Waals surface area contributed by atoms with Gasteiger partial charge >= 0.3 is 5.97 Å². The first kappa shape index (κ1) is 18.5. The molecule has 0 spiro atoms. The lowest BCUT2D eigenvalue weighted by molar-refractivity contribution is -0.151. The van der Waals surface area contributed by atoms with Crippen LogP contribution in [0, 0.1) is 0 Å². The van der Waals surface area contributed by atoms with Crippen molar-refractivity contribution in [2.24, 2.45) is 0 Å². The molecule has 122 valence electrons. The van der Waals surface area contributed by atoms with Crippen LogP contribution in [-0.2, 0) is 14.3 Å². The average Bonchev–Trinajstić information content (AvgIpc) is 2.48. The van der Waals surface area contributed by atoms with Crippen molar-refractivity contribution in [3.8, 4) is 5.75 Å². The van der Waals surface area contributed by atoms with Crippen LogP contribution in [0.25, 0.3) is 0 Å². The van der Waals surface area contributed by atoms with E-state index in [1.54, 1.807) is 26.0 Å². The standard InChI is InChI=1S/C16H22BrNO4/c1-5-10-16(3,15(20)21-4)18-14(19)11(2)22-13-8-6-12(17)7-9-13/h6-9,11H,5,10H2,1-4H3,(H,18,19). The summed E-state index contributed by atoms with van der Waals surface area (Å²) in [5.74, 6) is -0.232. The lowest BCUT2D eigenvalue weighted by Gasteiger charge is -2.29. The molecule has 6 heteroatoms. The topological polar surface area (TPSA) is 64.6 Å². The average molecular weight is 372 g/mol. The number of hydrogen-bond donors (Lipinski definition) is 1. The van der Waals surface area contributed by atoms with Crippen LogP contribution >= 0.6 is 15.9 Å². The third kappa shape index (κ3) is 5.02. The van der Waals surface area contributed by atoms with Crippen LogP contribution < -0.4 is 10.1 Å². The van der Waals surface area contributed by atoms with Crippen molar-refractivity contribution >= 4 is 27.8 Å². The van der Waals surface area contributed by atoms with Gasteiger partial charge in [0.05, 0.1) is 7.11 Å². The number of hydrogen-bond acceptors (Lipinski definition) is 4. The molecule has 0 radical (unpaired) electrons. The summed E-state index contributed by atoms with van der Waals surface area (Å²) in [6.07, 6.45) is 0.520. The van der Waals surface area contributed by atoms with Gasteiger partial charge in [0.1, 0.15) is 11.3 Å². The van der Waals surface area contributed by atoms with Gasteiger partial charge in [0.15, 0.2) is 6.10 Å². The van der Waals surface area contributed by atoms with E-state index < -0.39 is 17.6 Å². The number of rotatable bonds is 7. The Morgan fingerprint density at radius 1 is 1.32 bits per heavy atom. The maximum absolute atomic E-state index is 12.3. The number of methoxy groups -OCH3 is 1. The molecular formula is C16H22BrNO4. The van der Waals surface area contributed by atoms with Gasteiger partial charge in [0.2, 0.25) is 0 Å². The Hall–Kier alpha value is -1.56. The lowest BCUT2D eigenvalue weighted by atomic mass is 9.96. The van der Waals surface area contributed by atoms with Crippen LogP contribution in [0.15, 0.2) is 28.7 Å². The van der Waals surface area contributed by atoms with E-state index in [4.69, 9.17) is 9.47 Å². The van der Waals surface area contributed by atoms with Gasteiger partial charge in [-0.2, -0.15) is 0 Å². The highest BCUT2D eigenvalue weighted by Gasteiger charge is 2.36. The van der Waals surface area contributed by atoms with Crippen LogP contribution in [-0.4, -0.2) is 30.6 Å². The van der Waals surface area contributed by atoms with E-state index in [-0.39, 0.29) is 5.91 Å². The summed E-state index contributed by atoms with van der Waals surface area (Å²) < 4.78 is 11.3. The normalized spacial score (nSPS) is 14.6. The molecule has 1 aromatic rings. The molecule has 0 heterocycles. The molecule has 0 aliphatic rings. The van der Waals surface area contributed by atoms with Gasteiger partial charge in [-0.15, -0.1) is 0 Å². The van der Waals surface area contributed by atoms with E-state index in [2.05, 4.69) is 21.2 Å². The fraction of sp³-hybridized carbons (Fsp3) is 0.500. The number of ether oxygens (including phenoxy) is 2. The number of carbonyl (C=O) groups excluding carboxylic acids is 2. The Morgan fingerprint density at radius 2 is 1.91 bits per heavy atom. The second-order valence-corrected chi connectivity index (χ2v) is 6.19. The van der Waals surface area contributed by atoms with Crippen molar-refractivity contribution in [3.63, 3.8) is 0 Å². The summed E-state index contributed by atoms with van der Waals surface area (Å²) in [5.41, 5.74) is -1.04. The van der Waals surface area contributed by atoms with Gasteiger partial charge in [-0.1, -0.05) is 29.3 Å². The maximum atomic E-state index is 12.3. The number of carbonyl (C=O) groups is 2. The van der Waals surface area contributed by atoms with Crippen molar-refractivity contribution in [1.29, 1.82) is 0 Å². The number of halogens is 1. The van der Waals surface area contributed by atoms with Crippen LogP contribution in [0.3, 0.4) is 0 Å². The lowest BCUT2D eigenvalue weighted by Crippen LogP contribution is -2.55. The molecule has 0 aliphatic heterocycles. The molecule has 0 fully saturated rings. The van der Waals surface area contributed by atoms with Crippen molar-refractivity contribution in [3.05, 3.63) is 28.7 Å². The fourth-order valence-corrected chi connectivity index (χ4v) is 2.35. The molecule has 5 nitrogen and oxygen atoms in total. The zero-order valence-electron chi connectivity index (χ0n) is 13.3. The Kier molecular flexibility index (Phi) is 6.87. The van der Waals surface area contributed by atoms with Gasteiger partial charge in [0.25, 0.3) is 5.91 Å².